The highest BCUT2D eigenvalue weighted by Crippen LogP contribution is 2.37. The molecule has 0 radical (unpaired) electrons. The van der Waals surface area contributed by atoms with E-state index in [2.05, 4.69) is 37.7 Å². The first-order chi connectivity index (χ1) is 7.72. The van der Waals surface area contributed by atoms with Gasteiger partial charge < -0.3 is 4.98 Å². The van der Waals surface area contributed by atoms with Crippen molar-refractivity contribution >= 4 is 22.6 Å². The fourth-order valence-corrected chi connectivity index (χ4v) is 1.95. The van der Waals surface area contributed by atoms with E-state index in [9.17, 15) is 4.79 Å². The maximum atomic E-state index is 11.5. The third-order valence-electron chi connectivity index (χ3n) is 2.50. The standard InChI is InChI=1S/C10H9IN4O/c11-7-4-12-15(5-7)8-3-9(16)14-10(13-8)6-1-2-6/h3-6H,1-2H2,(H,13,14,16). The molecule has 0 unspecified atom stereocenters. The summed E-state index contributed by atoms with van der Waals surface area (Å²) in [5.74, 6) is 1.81. The molecule has 6 heteroatoms. The predicted molar refractivity (Wildman–Crippen MR) is 66.7 cm³/mol. The Morgan fingerprint density at radius 2 is 2.31 bits per heavy atom. The second-order valence-electron chi connectivity index (χ2n) is 3.87. The van der Waals surface area contributed by atoms with Gasteiger partial charge in [0.1, 0.15) is 5.82 Å². The first kappa shape index (κ1) is 10.0. The Bertz CT molecular complexity index is 585. The lowest BCUT2D eigenvalue weighted by Gasteiger charge is -2.02. The molecule has 1 N–H and O–H groups in total. The minimum atomic E-state index is -0.114. The predicted octanol–water partition coefficient (Wildman–Crippen LogP) is 1.44. The topological polar surface area (TPSA) is 63.6 Å². The van der Waals surface area contributed by atoms with E-state index < -0.39 is 0 Å². The maximum Gasteiger partial charge on any atom is 0.253 e. The molecule has 0 atom stereocenters. The molecule has 2 aromatic heterocycles. The molecule has 1 aliphatic carbocycles. The fraction of sp³-hybridized carbons (Fsp3) is 0.300. The molecule has 1 aliphatic rings. The van der Waals surface area contributed by atoms with E-state index in [0.717, 1.165) is 22.2 Å². The summed E-state index contributed by atoms with van der Waals surface area (Å²) in [4.78, 5) is 18.7. The van der Waals surface area contributed by atoms with Crippen LogP contribution in [0.1, 0.15) is 24.6 Å². The summed E-state index contributed by atoms with van der Waals surface area (Å²) in [6, 6.07) is 1.47. The number of aromatic amines is 1. The van der Waals surface area contributed by atoms with Crippen molar-refractivity contribution in [3.8, 4) is 5.82 Å². The Balaban J connectivity index is 2.09. The van der Waals surface area contributed by atoms with E-state index >= 15 is 0 Å². The smallest absolute Gasteiger partial charge is 0.253 e. The lowest BCUT2D eigenvalue weighted by Crippen LogP contribution is -2.13. The van der Waals surface area contributed by atoms with Gasteiger partial charge in [-0.05, 0) is 35.4 Å². The van der Waals surface area contributed by atoms with Crippen LogP contribution in [-0.4, -0.2) is 19.7 Å². The summed E-state index contributed by atoms with van der Waals surface area (Å²) in [6.45, 7) is 0. The van der Waals surface area contributed by atoms with E-state index in [1.165, 1.54) is 6.07 Å². The van der Waals surface area contributed by atoms with Gasteiger partial charge in [0, 0.05) is 18.2 Å². The van der Waals surface area contributed by atoms with Crippen molar-refractivity contribution in [1.82, 2.24) is 19.7 Å². The molecular formula is C10H9IN4O. The SMILES string of the molecule is O=c1cc(-n2cc(I)cn2)nc(C2CC2)[nH]1. The highest BCUT2D eigenvalue weighted by molar-refractivity contribution is 14.1. The number of rotatable bonds is 2. The van der Waals surface area contributed by atoms with Gasteiger partial charge in [0.2, 0.25) is 0 Å². The quantitative estimate of drug-likeness (QED) is 0.849. The normalized spacial score (nSPS) is 15.3. The van der Waals surface area contributed by atoms with Crippen molar-refractivity contribution in [2.75, 3.05) is 0 Å². The van der Waals surface area contributed by atoms with E-state index in [1.54, 1.807) is 10.9 Å². The zero-order valence-corrected chi connectivity index (χ0v) is 10.5. The Kier molecular flexibility index (Phi) is 2.31. The molecule has 82 valence electrons. The number of nitrogens with zero attached hydrogens (tertiary/aromatic N) is 3. The fourth-order valence-electron chi connectivity index (χ4n) is 1.56. The minimum Gasteiger partial charge on any atom is -0.310 e. The van der Waals surface area contributed by atoms with Crippen LogP contribution in [0.3, 0.4) is 0 Å². The largest absolute Gasteiger partial charge is 0.310 e. The zero-order chi connectivity index (χ0) is 11.1. The zero-order valence-electron chi connectivity index (χ0n) is 8.35. The van der Waals surface area contributed by atoms with Crippen LogP contribution in [0.25, 0.3) is 5.82 Å². The van der Waals surface area contributed by atoms with Crippen LogP contribution in [0, 0.1) is 3.57 Å². The molecule has 16 heavy (non-hydrogen) atoms. The van der Waals surface area contributed by atoms with Gasteiger partial charge in [-0.1, -0.05) is 0 Å². The number of aromatic nitrogens is 4. The van der Waals surface area contributed by atoms with Crippen LogP contribution in [0.5, 0.6) is 0 Å². The monoisotopic (exact) mass is 328 g/mol. The van der Waals surface area contributed by atoms with E-state index in [1.807, 2.05) is 6.20 Å². The van der Waals surface area contributed by atoms with Gasteiger partial charge >= 0.3 is 0 Å². The van der Waals surface area contributed by atoms with E-state index in [0.29, 0.717) is 11.7 Å². The van der Waals surface area contributed by atoms with Crippen LogP contribution in [-0.2, 0) is 0 Å². The van der Waals surface area contributed by atoms with Crippen molar-refractivity contribution in [3.63, 3.8) is 0 Å². The third-order valence-corrected chi connectivity index (χ3v) is 3.05. The number of hydrogen-bond donors (Lipinski definition) is 1. The third kappa shape index (κ3) is 1.89. The second kappa shape index (κ2) is 3.69. The first-order valence-corrected chi connectivity index (χ1v) is 6.12. The number of H-pyrrole nitrogens is 1. The highest BCUT2D eigenvalue weighted by Gasteiger charge is 2.26. The van der Waals surface area contributed by atoms with Gasteiger partial charge in [-0.25, -0.2) is 9.67 Å². The molecule has 0 aliphatic heterocycles. The molecule has 0 aromatic carbocycles. The van der Waals surface area contributed by atoms with Gasteiger partial charge in [-0.2, -0.15) is 5.10 Å². The molecule has 2 aromatic rings. The van der Waals surface area contributed by atoms with Crippen LogP contribution >= 0.6 is 22.6 Å². The minimum absolute atomic E-state index is 0.114. The molecule has 5 nitrogen and oxygen atoms in total. The summed E-state index contributed by atoms with van der Waals surface area (Å²) >= 11 is 2.17. The maximum absolute atomic E-state index is 11.5. The summed E-state index contributed by atoms with van der Waals surface area (Å²) in [7, 11) is 0. The average Bonchev–Trinajstić information content (AvgIpc) is 3.01. The van der Waals surface area contributed by atoms with Crippen LogP contribution in [0.15, 0.2) is 23.3 Å². The molecule has 0 spiro atoms. The van der Waals surface area contributed by atoms with Gasteiger partial charge in [0.25, 0.3) is 5.56 Å². The summed E-state index contributed by atoms with van der Waals surface area (Å²) in [5.41, 5.74) is -0.114. The first-order valence-electron chi connectivity index (χ1n) is 5.04. The van der Waals surface area contributed by atoms with Gasteiger partial charge in [0.05, 0.1) is 9.77 Å². The van der Waals surface area contributed by atoms with Crippen LogP contribution < -0.4 is 5.56 Å². The Labute approximate surface area is 105 Å². The Morgan fingerprint density at radius 1 is 1.50 bits per heavy atom. The second-order valence-corrected chi connectivity index (χ2v) is 5.11. The molecule has 0 amide bonds. The molecule has 1 fully saturated rings. The van der Waals surface area contributed by atoms with Crippen LogP contribution in [0.4, 0.5) is 0 Å². The van der Waals surface area contributed by atoms with Gasteiger partial charge in [0.15, 0.2) is 5.82 Å². The Hall–Kier alpha value is -1.18. The van der Waals surface area contributed by atoms with E-state index in [-0.39, 0.29) is 5.56 Å². The lowest BCUT2D eigenvalue weighted by atomic mass is 10.4. The molecule has 0 bridgehead atoms. The molecule has 3 rings (SSSR count). The summed E-state index contributed by atoms with van der Waals surface area (Å²) in [5, 5.41) is 4.14. The van der Waals surface area contributed by atoms with Crippen molar-refractivity contribution in [3.05, 3.63) is 38.2 Å². The van der Waals surface area contributed by atoms with Crippen molar-refractivity contribution in [2.24, 2.45) is 0 Å². The number of hydrogen-bond acceptors (Lipinski definition) is 3. The average molecular weight is 328 g/mol. The summed E-state index contributed by atoms with van der Waals surface area (Å²) < 4.78 is 2.65. The molecular weight excluding hydrogens is 319 g/mol. The molecule has 1 saturated carbocycles. The van der Waals surface area contributed by atoms with Crippen molar-refractivity contribution in [1.29, 1.82) is 0 Å². The summed E-state index contributed by atoms with van der Waals surface area (Å²) in [6.07, 6.45) is 5.81. The number of halogens is 1. The van der Waals surface area contributed by atoms with Gasteiger partial charge in [-0.15, -0.1) is 0 Å². The lowest BCUT2D eigenvalue weighted by molar-refractivity contribution is 0.802. The Morgan fingerprint density at radius 3 is 2.94 bits per heavy atom. The van der Waals surface area contributed by atoms with Crippen molar-refractivity contribution in [2.45, 2.75) is 18.8 Å². The molecule has 2 heterocycles. The van der Waals surface area contributed by atoms with Crippen LogP contribution in [0.2, 0.25) is 0 Å². The van der Waals surface area contributed by atoms with Crippen molar-refractivity contribution < 1.29 is 0 Å². The molecule has 0 saturated heterocycles. The highest BCUT2D eigenvalue weighted by atomic mass is 127. The van der Waals surface area contributed by atoms with E-state index in [4.69, 9.17) is 0 Å². The number of nitrogens with one attached hydrogen (secondary N) is 1. The van der Waals surface area contributed by atoms with Gasteiger partial charge in [-0.3, -0.25) is 4.79 Å².